The molecule has 2 unspecified atom stereocenters. The quantitative estimate of drug-likeness (QED) is 0.620. The normalized spacial score (nSPS) is 26.9. The van der Waals surface area contributed by atoms with Crippen LogP contribution >= 0.6 is 12.2 Å². The van der Waals surface area contributed by atoms with E-state index in [4.69, 9.17) is 17.0 Å². The van der Waals surface area contributed by atoms with Crippen LogP contribution < -0.4 is 5.32 Å². The zero-order valence-corrected chi connectivity index (χ0v) is 13.0. The summed E-state index contributed by atoms with van der Waals surface area (Å²) in [5.41, 5.74) is 0. The van der Waals surface area contributed by atoms with Gasteiger partial charge in [-0.1, -0.05) is 12.8 Å². The number of likely N-dealkylation sites (tertiary alicyclic amines) is 1. The summed E-state index contributed by atoms with van der Waals surface area (Å²) in [7, 11) is 0. The number of ether oxygens (including phenoxy) is 1. The first-order valence-electron chi connectivity index (χ1n) is 7.95. The Balaban J connectivity index is 1.74. The van der Waals surface area contributed by atoms with Crippen LogP contribution in [0.3, 0.4) is 0 Å². The van der Waals surface area contributed by atoms with E-state index in [-0.39, 0.29) is 0 Å². The van der Waals surface area contributed by atoms with Crippen LogP contribution in [-0.4, -0.2) is 42.4 Å². The molecule has 110 valence electrons. The zero-order valence-electron chi connectivity index (χ0n) is 12.2. The van der Waals surface area contributed by atoms with Crippen molar-refractivity contribution in [2.45, 2.75) is 57.9 Å². The summed E-state index contributed by atoms with van der Waals surface area (Å²) in [5.74, 6) is 0.894. The Morgan fingerprint density at radius 1 is 1.26 bits per heavy atom. The van der Waals surface area contributed by atoms with Crippen LogP contribution in [0.25, 0.3) is 0 Å². The Bertz CT molecular complexity index is 283. The maximum atomic E-state index is 5.59. The first-order chi connectivity index (χ1) is 9.33. The van der Waals surface area contributed by atoms with Gasteiger partial charge in [0.15, 0.2) is 5.11 Å². The van der Waals surface area contributed by atoms with Crippen molar-refractivity contribution in [2.24, 2.45) is 5.92 Å². The fourth-order valence-corrected chi connectivity index (χ4v) is 3.82. The number of piperidine rings is 1. The highest BCUT2D eigenvalue weighted by Gasteiger charge is 2.34. The van der Waals surface area contributed by atoms with Crippen molar-refractivity contribution in [3.05, 3.63) is 0 Å². The summed E-state index contributed by atoms with van der Waals surface area (Å²) in [6.07, 6.45) is 9.31. The van der Waals surface area contributed by atoms with Gasteiger partial charge in [-0.2, -0.15) is 0 Å². The average Bonchev–Trinajstić information content (AvgIpc) is 2.46. The Labute approximate surface area is 123 Å². The molecular formula is C15H28N2OS. The van der Waals surface area contributed by atoms with E-state index < -0.39 is 0 Å². The lowest BCUT2D eigenvalue weighted by Crippen LogP contribution is -2.53. The third-order valence-corrected chi connectivity index (χ3v) is 4.83. The summed E-state index contributed by atoms with van der Waals surface area (Å²) in [6.45, 7) is 5.76. The highest BCUT2D eigenvalue weighted by atomic mass is 32.1. The van der Waals surface area contributed by atoms with Crippen molar-refractivity contribution < 1.29 is 4.74 Å². The number of nitrogens with zero attached hydrogens (tertiary/aromatic N) is 1. The van der Waals surface area contributed by atoms with Gasteiger partial charge < -0.3 is 15.0 Å². The molecule has 1 aliphatic carbocycles. The van der Waals surface area contributed by atoms with Crippen LogP contribution in [0.2, 0.25) is 0 Å². The predicted octanol–water partition coefficient (Wildman–Crippen LogP) is 2.94. The fraction of sp³-hybridized carbons (Fsp3) is 0.933. The largest absolute Gasteiger partial charge is 0.382 e. The molecule has 1 saturated heterocycles. The van der Waals surface area contributed by atoms with E-state index in [0.29, 0.717) is 0 Å². The Hall–Kier alpha value is -0.350. The van der Waals surface area contributed by atoms with Gasteiger partial charge in [0.05, 0.1) is 0 Å². The molecule has 0 amide bonds. The average molecular weight is 284 g/mol. The first-order valence-corrected chi connectivity index (χ1v) is 8.36. The molecule has 0 radical (unpaired) electrons. The SMILES string of the molecule is CCOCCCNC(=S)N1CCCC2CCCCC21. The monoisotopic (exact) mass is 284 g/mol. The second-order valence-electron chi connectivity index (χ2n) is 5.73. The third kappa shape index (κ3) is 4.32. The van der Waals surface area contributed by atoms with Crippen molar-refractivity contribution in [2.75, 3.05) is 26.3 Å². The van der Waals surface area contributed by atoms with E-state index in [0.717, 1.165) is 49.8 Å². The summed E-state index contributed by atoms with van der Waals surface area (Å²) in [4.78, 5) is 2.48. The van der Waals surface area contributed by atoms with E-state index in [1.165, 1.54) is 38.5 Å². The van der Waals surface area contributed by atoms with E-state index in [1.54, 1.807) is 0 Å². The first kappa shape index (κ1) is 15.0. The van der Waals surface area contributed by atoms with Crippen LogP contribution in [-0.2, 0) is 4.74 Å². The summed E-state index contributed by atoms with van der Waals surface area (Å²) in [5, 5.41) is 4.40. The molecule has 2 fully saturated rings. The third-order valence-electron chi connectivity index (χ3n) is 4.45. The number of nitrogens with one attached hydrogen (secondary N) is 1. The molecule has 0 bridgehead atoms. The molecule has 1 saturated carbocycles. The smallest absolute Gasteiger partial charge is 0.169 e. The van der Waals surface area contributed by atoms with Crippen LogP contribution in [0.15, 0.2) is 0 Å². The predicted molar refractivity (Wildman–Crippen MR) is 83.4 cm³/mol. The molecule has 3 nitrogen and oxygen atoms in total. The minimum absolute atomic E-state index is 0.717. The number of fused-ring (bicyclic) bond motifs is 1. The number of hydrogen-bond acceptors (Lipinski definition) is 2. The van der Waals surface area contributed by atoms with Crippen LogP contribution in [0.4, 0.5) is 0 Å². The molecule has 2 rings (SSSR count). The maximum Gasteiger partial charge on any atom is 0.169 e. The molecule has 0 spiro atoms. The van der Waals surface area contributed by atoms with Crippen LogP contribution in [0, 0.1) is 5.92 Å². The van der Waals surface area contributed by atoms with Gasteiger partial charge in [-0.25, -0.2) is 0 Å². The molecule has 1 heterocycles. The lowest BCUT2D eigenvalue weighted by atomic mass is 9.78. The fourth-order valence-electron chi connectivity index (χ4n) is 3.49. The van der Waals surface area contributed by atoms with Crippen LogP contribution in [0.1, 0.15) is 51.9 Å². The molecule has 0 aromatic rings. The van der Waals surface area contributed by atoms with Crippen molar-refractivity contribution in [3.63, 3.8) is 0 Å². The van der Waals surface area contributed by atoms with E-state index >= 15 is 0 Å². The molecule has 1 aliphatic heterocycles. The Kier molecular flexibility index (Phi) is 6.38. The van der Waals surface area contributed by atoms with Gasteiger partial charge in [-0.05, 0) is 57.2 Å². The Morgan fingerprint density at radius 2 is 2.05 bits per heavy atom. The van der Waals surface area contributed by atoms with Gasteiger partial charge in [0, 0.05) is 32.3 Å². The zero-order chi connectivity index (χ0) is 13.5. The van der Waals surface area contributed by atoms with Crippen LogP contribution in [0.5, 0.6) is 0 Å². The van der Waals surface area contributed by atoms with Crippen molar-refractivity contribution in [1.82, 2.24) is 10.2 Å². The number of rotatable bonds is 5. The second-order valence-corrected chi connectivity index (χ2v) is 6.12. The van der Waals surface area contributed by atoms with Gasteiger partial charge in [-0.15, -0.1) is 0 Å². The van der Waals surface area contributed by atoms with E-state index in [1.807, 2.05) is 6.92 Å². The van der Waals surface area contributed by atoms with Gasteiger partial charge in [0.1, 0.15) is 0 Å². The van der Waals surface area contributed by atoms with Gasteiger partial charge in [0.2, 0.25) is 0 Å². The minimum Gasteiger partial charge on any atom is -0.382 e. The van der Waals surface area contributed by atoms with Crippen molar-refractivity contribution >= 4 is 17.3 Å². The van der Waals surface area contributed by atoms with Gasteiger partial charge >= 0.3 is 0 Å². The topological polar surface area (TPSA) is 24.5 Å². The molecular weight excluding hydrogens is 256 g/mol. The molecule has 0 aromatic carbocycles. The molecule has 1 N–H and O–H groups in total. The van der Waals surface area contributed by atoms with E-state index in [2.05, 4.69) is 10.2 Å². The van der Waals surface area contributed by atoms with Crippen molar-refractivity contribution in [3.8, 4) is 0 Å². The lowest BCUT2D eigenvalue weighted by molar-refractivity contribution is 0.117. The molecule has 2 atom stereocenters. The van der Waals surface area contributed by atoms with Gasteiger partial charge in [-0.3, -0.25) is 0 Å². The number of hydrogen-bond donors (Lipinski definition) is 1. The lowest BCUT2D eigenvalue weighted by Gasteiger charge is -2.45. The summed E-state index contributed by atoms with van der Waals surface area (Å²) in [6, 6.07) is 0.717. The highest BCUT2D eigenvalue weighted by Crippen LogP contribution is 2.35. The molecule has 19 heavy (non-hydrogen) atoms. The maximum absolute atomic E-state index is 5.59. The molecule has 0 aromatic heterocycles. The molecule has 2 aliphatic rings. The number of thiocarbonyl (C=S) groups is 1. The second kappa shape index (κ2) is 8.05. The summed E-state index contributed by atoms with van der Waals surface area (Å²) >= 11 is 5.59. The van der Waals surface area contributed by atoms with Gasteiger partial charge in [0.25, 0.3) is 0 Å². The minimum atomic E-state index is 0.717. The highest BCUT2D eigenvalue weighted by molar-refractivity contribution is 7.80. The molecule has 4 heteroatoms. The van der Waals surface area contributed by atoms with Crippen molar-refractivity contribution in [1.29, 1.82) is 0 Å². The standard InChI is InChI=1S/C15H28N2OS/c1-2-18-12-6-10-16-15(19)17-11-5-8-13-7-3-4-9-14(13)17/h13-14H,2-12H2,1H3,(H,16,19). The van der Waals surface area contributed by atoms with E-state index in [9.17, 15) is 0 Å². The summed E-state index contributed by atoms with van der Waals surface area (Å²) < 4.78 is 5.35. The Morgan fingerprint density at radius 3 is 2.89 bits per heavy atom.